The van der Waals surface area contributed by atoms with E-state index < -0.39 is 13.0 Å². The van der Waals surface area contributed by atoms with Crippen molar-refractivity contribution in [1.82, 2.24) is 15.0 Å². The van der Waals surface area contributed by atoms with Gasteiger partial charge in [-0.05, 0) is 6.42 Å². The standard InChI is InChI=1S/C10H12F2N4O/c11-9(12)5-16-10(7-2-4-17-6-7)8(1-3-13)14-15-16/h7,9H,1-2,4-6H2. The van der Waals surface area contributed by atoms with Crippen LogP contribution >= 0.6 is 0 Å². The first-order chi connectivity index (χ1) is 8.22. The summed E-state index contributed by atoms with van der Waals surface area (Å²) in [6.45, 7) is 0.607. The average Bonchev–Trinajstić information content (AvgIpc) is 2.87. The average molecular weight is 242 g/mol. The van der Waals surface area contributed by atoms with Crippen molar-refractivity contribution >= 4 is 0 Å². The van der Waals surface area contributed by atoms with Crippen LogP contribution in [0, 0.1) is 11.3 Å². The number of nitrogens with zero attached hydrogens (tertiary/aromatic N) is 4. The van der Waals surface area contributed by atoms with Gasteiger partial charge >= 0.3 is 0 Å². The van der Waals surface area contributed by atoms with E-state index in [1.54, 1.807) is 0 Å². The van der Waals surface area contributed by atoms with E-state index in [-0.39, 0.29) is 12.3 Å². The van der Waals surface area contributed by atoms with Crippen LogP contribution in [-0.2, 0) is 17.7 Å². The maximum absolute atomic E-state index is 12.4. The molecule has 92 valence electrons. The highest BCUT2D eigenvalue weighted by atomic mass is 19.3. The van der Waals surface area contributed by atoms with E-state index in [0.29, 0.717) is 24.6 Å². The molecule has 1 aliphatic rings. The van der Waals surface area contributed by atoms with E-state index in [1.165, 1.54) is 4.68 Å². The van der Waals surface area contributed by atoms with Crippen LogP contribution in [0.1, 0.15) is 23.7 Å². The zero-order valence-corrected chi connectivity index (χ0v) is 9.14. The number of hydrogen-bond acceptors (Lipinski definition) is 4. The van der Waals surface area contributed by atoms with Crippen molar-refractivity contribution in [2.45, 2.75) is 31.7 Å². The van der Waals surface area contributed by atoms with Crippen LogP contribution in [0.3, 0.4) is 0 Å². The van der Waals surface area contributed by atoms with Crippen LogP contribution in [0.15, 0.2) is 0 Å². The first-order valence-electron chi connectivity index (χ1n) is 5.37. The molecule has 7 heteroatoms. The largest absolute Gasteiger partial charge is 0.381 e. The molecule has 0 amide bonds. The molecular formula is C10H12F2N4O. The fourth-order valence-electron chi connectivity index (χ4n) is 2.02. The quantitative estimate of drug-likeness (QED) is 0.793. The normalized spacial score (nSPS) is 19.8. The number of ether oxygens (including phenoxy) is 1. The Labute approximate surface area is 97.0 Å². The first kappa shape index (κ1) is 11.9. The van der Waals surface area contributed by atoms with Gasteiger partial charge < -0.3 is 4.74 Å². The fourth-order valence-corrected chi connectivity index (χ4v) is 2.02. The van der Waals surface area contributed by atoms with Gasteiger partial charge in [0.2, 0.25) is 0 Å². The second-order valence-corrected chi connectivity index (χ2v) is 3.89. The number of halogens is 2. The van der Waals surface area contributed by atoms with Crippen molar-refractivity contribution in [2.75, 3.05) is 13.2 Å². The van der Waals surface area contributed by atoms with Crippen LogP contribution in [0.25, 0.3) is 0 Å². The molecule has 0 radical (unpaired) electrons. The summed E-state index contributed by atoms with van der Waals surface area (Å²) in [4.78, 5) is 0. The third kappa shape index (κ3) is 2.58. The lowest BCUT2D eigenvalue weighted by Crippen LogP contribution is -2.15. The molecule has 17 heavy (non-hydrogen) atoms. The maximum Gasteiger partial charge on any atom is 0.257 e. The van der Waals surface area contributed by atoms with E-state index >= 15 is 0 Å². The Bertz CT molecular complexity index is 420. The molecule has 5 nitrogen and oxygen atoms in total. The van der Waals surface area contributed by atoms with Crippen molar-refractivity contribution in [3.63, 3.8) is 0 Å². The molecular weight excluding hydrogens is 230 g/mol. The van der Waals surface area contributed by atoms with Crippen molar-refractivity contribution < 1.29 is 13.5 Å². The number of hydrogen-bond donors (Lipinski definition) is 0. The molecule has 1 aromatic heterocycles. The highest BCUT2D eigenvalue weighted by Gasteiger charge is 2.27. The molecule has 2 rings (SSSR count). The Balaban J connectivity index is 2.28. The number of nitriles is 1. The summed E-state index contributed by atoms with van der Waals surface area (Å²) < 4.78 is 31.2. The zero-order chi connectivity index (χ0) is 12.3. The smallest absolute Gasteiger partial charge is 0.257 e. The molecule has 0 bridgehead atoms. The van der Waals surface area contributed by atoms with Gasteiger partial charge in [-0.2, -0.15) is 5.26 Å². The van der Waals surface area contributed by atoms with Crippen LogP contribution in [0.5, 0.6) is 0 Å². The Morgan fingerprint density at radius 1 is 1.59 bits per heavy atom. The van der Waals surface area contributed by atoms with Gasteiger partial charge in [0.25, 0.3) is 6.43 Å². The molecule has 0 aromatic carbocycles. The number of aromatic nitrogens is 3. The van der Waals surface area contributed by atoms with Gasteiger partial charge in [0.15, 0.2) is 0 Å². The van der Waals surface area contributed by atoms with Gasteiger partial charge in [-0.15, -0.1) is 5.10 Å². The molecule has 0 saturated carbocycles. The van der Waals surface area contributed by atoms with Crippen molar-refractivity contribution in [3.05, 3.63) is 11.4 Å². The summed E-state index contributed by atoms with van der Waals surface area (Å²) in [5.41, 5.74) is 1.12. The summed E-state index contributed by atoms with van der Waals surface area (Å²) in [5, 5.41) is 16.2. The molecule has 2 heterocycles. The van der Waals surface area contributed by atoms with Gasteiger partial charge in [0.05, 0.1) is 24.8 Å². The third-order valence-corrected chi connectivity index (χ3v) is 2.72. The van der Waals surface area contributed by atoms with Crippen LogP contribution in [0.4, 0.5) is 8.78 Å². The second-order valence-electron chi connectivity index (χ2n) is 3.89. The van der Waals surface area contributed by atoms with E-state index in [0.717, 1.165) is 6.42 Å². The van der Waals surface area contributed by atoms with Crippen LogP contribution in [0.2, 0.25) is 0 Å². The minimum atomic E-state index is -2.48. The molecule has 1 saturated heterocycles. The summed E-state index contributed by atoms with van der Waals surface area (Å²) in [5.74, 6) is 0.0205. The van der Waals surface area contributed by atoms with Crippen molar-refractivity contribution in [3.8, 4) is 6.07 Å². The van der Waals surface area contributed by atoms with Gasteiger partial charge in [-0.3, -0.25) is 0 Å². The summed E-state index contributed by atoms with van der Waals surface area (Å²) in [6.07, 6.45) is -1.63. The summed E-state index contributed by atoms with van der Waals surface area (Å²) >= 11 is 0. The van der Waals surface area contributed by atoms with Gasteiger partial charge in [0, 0.05) is 12.5 Å². The third-order valence-electron chi connectivity index (χ3n) is 2.72. The molecule has 1 aromatic rings. The molecule has 1 aliphatic heterocycles. The van der Waals surface area contributed by atoms with E-state index in [9.17, 15) is 8.78 Å². The molecule has 1 atom stereocenters. The molecule has 0 N–H and O–H groups in total. The Morgan fingerprint density at radius 3 is 3.00 bits per heavy atom. The molecule has 1 unspecified atom stereocenters. The monoisotopic (exact) mass is 242 g/mol. The molecule has 1 fully saturated rings. The fraction of sp³-hybridized carbons (Fsp3) is 0.700. The number of rotatable bonds is 4. The van der Waals surface area contributed by atoms with Crippen molar-refractivity contribution in [1.29, 1.82) is 5.26 Å². The van der Waals surface area contributed by atoms with E-state index in [1.807, 2.05) is 6.07 Å². The number of alkyl halides is 2. The summed E-state index contributed by atoms with van der Waals surface area (Å²) in [7, 11) is 0. The Hall–Kier alpha value is -1.55. The lowest BCUT2D eigenvalue weighted by molar-refractivity contribution is 0.118. The molecule has 0 spiro atoms. The van der Waals surface area contributed by atoms with Crippen LogP contribution in [-0.4, -0.2) is 34.6 Å². The van der Waals surface area contributed by atoms with E-state index in [4.69, 9.17) is 10.00 Å². The first-order valence-corrected chi connectivity index (χ1v) is 5.37. The van der Waals surface area contributed by atoms with Crippen LogP contribution < -0.4 is 0 Å². The van der Waals surface area contributed by atoms with Gasteiger partial charge in [-0.25, -0.2) is 13.5 Å². The van der Waals surface area contributed by atoms with Crippen molar-refractivity contribution in [2.24, 2.45) is 0 Å². The minimum Gasteiger partial charge on any atom is -0.381 e. The predicted molar refractivity (Wildman–Crippen MR) is 53.5 cm³/mol. The maximum atomic E-state index is 12.4. The highest BCUT2D eigenvalue weighted by molar-refractivity contribution is 5.20. The van der Waals surface area contributed by atoms with Gasteiger partial charge in [0.1, 0.15) is 12.2 Å². The Morgan fingerprint density at radius 2 is 2.41 bits per heavy atom. The van der Waals surface area contributed by atoms with E-state index in [2.05, 4.69) is 10.3 Å². The second kappa shape index (κ2) is 5.19. The van der Waals surface area contributed by atoms with Gasteiger partial charge in [-0.1, -0.05) is 5.21 Å². The topological polar surface area (TPSA) is 63.7 Å². The SMILES string of the molecule is N#CCc1nnn(CC(F)F)c1C1CCOC1. The molecule has 0 aliphatic carbocycles. The highest BCUT2D eigenvalue weighted by Crippen LogP contribution is 2.27. The summed E-state index contributed by atoms with van der Waals surface area (Å²) in [6, 6.07) is 1.97. The lowest BCUT2D eigenvalue weighted by Gasteiger charge is -2.11. The predicted octanol–water partition coefficient (Wildman–Crippen LogP) is 1.11. The zero-order valence-electron chi connectivity index (χ0n) is 9.14. The lowest BCUT2D eigenvalue weighted by atomic mass is 10.0. The minimum absolute atomic E-state index is 0.0205. The Kier molecular flexibility index (Phi) is 3.64.